The Balaban J connectivity index is 1.46. The zero-order valence-corrected chi connectivity index (χ0v) is 20.6. The Hall–Kier alpha value is -3.70. The Morgan fingerprint density at radius 3 is 2.69 bits per heavy atom. The van der Waals surface area contributed by atoms with Gasteiger partial charge in [0.2, 0.25) is 0 Å². The normalized spacial score (nSPS) is 20.3. The van der Waals surface area contributed by atoms with E-state index in [9.17, 15) is 11.0 Å². The van der Waals surface area contributed by atoms with E-state index in [1.165, 1.54) is 18.3 Å². The fourth-order valence-electron chi connectivity index (χ4n) is 4.41. The first kappa shape index (κ1) is 21.6. The third kappa shape index (κ3) is 4.24. The summed E-state index contributed by atoms with van der Waals surface area (Å²) >= 11 is 6.68. The van der Waals surface area contributed by atoms with Crippen LogP contribution in [0.4, 0.5) is 15.8 Å². The number of nitriles is 1. The molecule has 2 fully saturated rings. The van der Waals surface area contributed by atoms with Crippen LogP contribution in [0.25, 0.3) is 10.9 Å². The maximum atomic E-state index is 13.8. The Morgan fingerprint density at radius 1 is 1.28 bits per heavy atom. The van der Waals surface area contributed by atoms with Gasteiger partial charge in [-0.3, -0.25) is 4.98 Å². The predicted molar refractivity (Wildman–Crippen MR) is 137 cm³/mol. The van der Waals surface area contributed by atoms with Crippen LogP contribution in [0.1, 0.15) is 63.4 Å². The third-order valence-corrected chi connectivity index (χ3v) is 7.26. The lowest BCUT2D eigenvalue weighted by Gasteiger charge is -2.20. The summed E-state index contributed by atoms with van der Waals surface area (Å²) in [6.07, 6.45) is 6.34. The number of aromatic nitrogens is 4. The van der Waals surface area contributed by atoms with Crippen LogP contribution >= 0.6 is 11.6 Å². The number of benzene rings is 2. The van der Waals surface area contributed by atoms with E-state index in [1.807, 2.05) is 6.07 Å². The molecule has 2 aliphatic rings. The van der Waals surface area contributed by atoms with Crippen molar-refractivity contribution >= 4 is 33.9 Å². The molecule has 4 aromatic rings. The maximum absolute atomic E-state index is 13.8. The summed E-state index contributed by atoms with van der Waals surface area (Å²) in [5, 5.41) is 26.2. The smallest absolute Gasteiger partial charge is 0.123 e. The summed E-state index contributed by atoms with van der Waals surface area (Å²) in [4.78, 5) is 4.43. The molecule has 9 heteroatoms. The number of halogens is 2. The predicted octanol–water partition coefficient (Wildman–Crippen LogP) is 6.24. The van der Waals surface area contributed by atoms with Gasteiger partial charge in [-0.25, -0.2) is 9.07 Å². The number of nitrogens with zero attached hydrogens (tertiary/aromatic N) is 5. The second kappa shape index (κ2) is 8.45. The molecule has 2 heterocycles. The Kier molecular flexibility index (Phi) is 5.07. The van der Waals surface area contributed by atoms with E-state index in [4.69, 9.17) is 11.6 Å². The monoisotopic (exact) mass is 502 g/mol. The lowest BCUT2D eigenvalue weighted by Crippen LogP contribution is -2.14. The van der Waals surface area contributed by atoms with Gasteiger partial charge in [-0.2, -0.15) is 5.26 Å². The van der Waals surface area contributed by atoms with Gasteiger partial charge in [0.05, 0.1) is 41.4 Å². The van der Waals surface area contributed by atoms with Crippen molar-refractivity contribution < 1.29 is 5.76 Å². The molecule has 0 saturated heterocycles. The molecule has 0 aliphatic heterocycles. The van der Waals surface area contributed by atoms with Crippen molar-refractivity contribution in [2.45, 2.75) is 51.2 Å². The van der Waals surface area contributed by atoms with Crippen molar-refractivity contribution in [3.63, 3.8) is 0 Å². The fraction of sp³-hybridized carbons (Fsp3) is 0.333. The van der Waals surface area contributed by atoms with Crippen molar-refractivity contribution in [1.82, 2.24) is 20.0 Å². The van der Waals surface area contributed by atoms with E-state index in [-0.39, 0.29) is 11.5 Å². The summed E-state index contributed by atoms with van der Waals surface area (Å²) in [5.41, 5.74) is 3.20. The van der Waals surface area contributed by atoms with Crippen LogP contribution in [0.2, 0.25) is 5.02 Å². The third-order valence-electron chi connectivity index (χ3n) is 6.97. The van der Waals surface area contributed by atoms with Gasteiger partial charge in [0.1, 0.15) is 17.6 Å². The van der Waals surface area contributed by atoms with Crippen molar-refractivity contribution in [3.05, 3.63) is 76.5 Å². The van der Waals surface area contributed by atoms with Crippen molar-refractivity contribution in [3.8, 4) is 6.07 Å². The minimum atomic E-state index is -1.58. The average molecular weight is 503 g/mol. The quantitative estimate of drug-likeness (QED) is 0.311. The number of hydrogen-bond acceptors (Lipinski definition) is 6. The molecule has 0 spiro atoms. The van der Waals surface area contributed by atoms with Gasteiger partial charge in [0.15, 0.2) is 0 Å². The molecule has 0 bridgehead atoms. The summed E-state index contributed by atoms with van der Waals surface area (Å²) in [7, 11) is 0. The van der Waals surface area contributed by atoms with Crippen molar-refractivity contribution in [1.29, 1.82) is 5.26 Å². The van der Waals surface area contributed by atoms with Crippen LogP contribution in [-0.4, -0.2) is 26.0 Å². The number of hydrogen-bond donors (Lipinski definition) is 2. The average Bonchev–Trinajstić information content (AvgIpc) is 3.75. The molecular formula is C27H25ClFN7. The number of rotatable bonds is 7. The molecule has 2 aliphatic carbocycles. The van der Waals surface area contributed by atoms with Crippen LogP contribution < -0.4 is 10.6 Å². The first-order valence-electron chi connectivity index (χ1n) is 12.4. The minimum Gasteiger partial charge on any atom is -0.380 e. The molecule has 2 saturated carbocycles. The highest BCUT2D eigenvalue weighted by atomic mass is 35.5. The number of pyridine rings is 1. The van der Waals surface area contributed by atoms with Crippen molar-refractivity contribution in [2.75, 3.05) is 10.6 Å². The minimum absolute atomic E-state index is 0.133. The van der Waals surface area contributed by atoms with Crippen molar-refractivity contribution in [2.24, 2.45) is 5.41 Å². The SMILES string of the molecule is [2H][C@](Nc1cc(Cl)c2ncc(C#N)c(NC3CC3(C)C)c2c1)(c1ccc(F)cc1)c1cn(C2CC2)nn1. The molecule has 182 valence electrons. The van der Waals surface area contributed by atoms with Gasteiger partial charge in [0.25, 0.3) is 0 Å². The number of fused-ring (bicyclic) bond motifs is 1. The van der Waals surface area contributed by atoms with Gasteiger partial charge in [-0.1, -0.05) is 42.8 Å². The highest BCUT2D eigenvalue weighted by Crippen LogP contribution is 2.48. The van der Waals surface area contributed by atoms with Crippen LogP contribution in [0.3, 0.4) is 0 Å². The standard InChI is InChI=1S/C27H25ClFN7/c1-27(2)11-23(27)33-24-16(12-30)13-31-26-20(24)9-18(10-21(26)28)32-25(15-3-5-17(29)6-4-15)22-14-36(35-34-22)19-7-8-19/h3-6,9-10,13-14,19,23,25,32H,7-8,11H2,1-2H3,(H,31,33)/t23?,25-/m0/s1/i25D. The van der Waals surface area contributed by atoms with E-state index in [0.717, 1.165) is 19.3 Å². The molecule has 0 amide bonds. The van der Waals surface area contributed by atoms with Gasteiger partial charge < -0.3 is 10.6 Å². The molecule has 2 N–H and O–H groups in total. The highest BCUT2D eigenvalue weighted by Gasteiger charge is 2.46. The Morgan fingerprint density at radius 2 is 2.03 bits per heavy atom. The first-order chi connectivity index (χ1) is 17.7. The molecule has 0 radical (unpaired) electrons. The highest BCUT2D eigenvalue weighted by molar-refractivity contribution is 6.35. The van der Waals surface area contributed by atoms with Crippen LogP contribution in [0.15, 0.2) is 48.8 Å². The van der Waals surface area contributed by atoms with E-state index < -0.39 is 11.8 Å². The molecule has 2 aromatic carbocycles. The first-order valence-corrected chi connectivity index (χ1v) is 12.3. The lowest BCUT2D eigenvalue weighted by atomic mass is 10.0. The molecule has 1 unspecified atom stereocenters. The van der Waals surface area contributed by atoms with Crippen LogP contribution in [0.5, 0.6) is 0 Å². The van der Waals surface area contributed by atoms with E-state index in [2.05, 4.69) is 45.8 Å². The van der Waals surface area contributed by atoms with Gasteiger partial charge >= 0.3 is 0 Å². The number of anilines is 2. The summed E-state index contributed by atoms with van der Waals surface area (Å²) in [5.74, 6) is -0.393. The summed E-state index contributed by atoms with van der Waals surface area (Å²) in [6.45, 7) is 4.35. The summed E-state index contributed by atoms with van der Waals surface area (Å²) < 4.78 is 25.0. The second-order valence-electron chi connectivity index (χ2n) is 10.2. The Bertz CT molecular complexity index is 1560. The van der Waals surface area contributed by atoms with E-state index in [0.29, 0.717) is 50.2 Å². The second-order valence-corrected chi connectivity index (χ2v) is 10.6. The lowest BCUT2D eigenvalue weighted by molar-refractivity contribution is 0.610. The summed E-state index contributed by atoms with van der Waals surface area (Å²) in [6, 6.07) is 10.5. The van der Waals surface area contributed by atoms with E-state index in [1.54, 1.807) is 29.1 Å². The van der Waals surface area contributed by atoms with Crippen LogP contribution in [-0.2, 0) is 0 Å². The largest absolute Gasteiger partial charge is 0.380 e. The Labute approximate surface area is 214 Å². The molecule has 6 rings (SSSR count). The zero-order valence-electron chi connectivity index (χ0n) is 20.9. The molecule has 7 nitrogen and oxygen atoms in total. The topological polar surface area (TPSA) is 91.5 Å². The molecule has 36 heavy (non-hydrogen) atoms. The zero-order chi connectivity index (χ0) is 25.9. The fourth-order valence-corrected chi connectivity index (χ4v) is 4.68. The van der Waals surface area contributed by atoms with Crippen LogP contribution in [0, 0.1) is 22.6 Å². The van der Waals surface area contributed by atoms with Gasteiger partial charge in [0, 0.05) is 23.3 Å². The molecular weight excluding hydrogens is 477 g/mol. The van der Waals surface area contributed by atoms with Gasteiger partial charge in [-0.15, -0.1) is 5.10 Å². The molecule has 2 atom stereocenters. The van der Waals surface area contributed by atoms with E-state index >= 15 is 0 Å². The maximum Gasteiger partial charge on any atom is 0.123 e. The van der Waals surface area contributed by atoms with Gasteiger partial charge in [-0.05, 0) is 54.5 Å². The molecule has 2 aromatic heterocycles. The number of nitrogens with one attached hydrogen (secondary N) is 2.